The predicted molar refractivity (Wildman–Crippen MR) is 311 cm³/mol. The molecule has 5 aliphatic heterocycles. The summed E-state index contributed by atoms with van der Waals surface area (Å²) in [5.41, 5.74) is 5.37. The molecule has 15 nitrogen and oxygen atoms in total. The molecule has 0 aromatic carbocycles. The summed E-state index contributed by atoms with van der Waals surface area (Å²) >= 11 is 3.30. The molecule has 438 valence electrons. The Morgan fingerprint density at radius 3 is 2.34 bits per heavy atom. The number of esters is 1. The summed E-state index contributed by atoms with van der Waals surface area (Å²) in [5.74, 6) is -1.86. The van der Waals surface area contributed by atoms with Gasteiger partial charge in [0.15, 0.2) is 11.7 Å². The lowest BCUT2D eigenvalue weighted by Gasteiger charge is -2.47. The molecular weight excluding hydrogens is 1090 g/mol. The summed E-state index contributed by atoms with van der Waals surface area (Å²) in [5, 5.41) is 23.2. The third-order valence-electron chi connectivity index (χ3n) is 16.9. The third-order valence-corrected chi connectivity index (χ3v) is 23.5. The van der Waals surface area contributed by atoms with Crippen molar-refractivity contribution in [2.24, 2.45) is 11.8 Å². The van der Waals surface area contributed by atoms with Crippen molar-refractivity contribution in [3.63, 3.8) is 0 Å². The molecule has 7 rings (SSSR count). The predicted octanol–water partition coefficient (Wildman–Crippen LogP) is 13.0. The maximum Gasteiger partial charge on any atom is 0.330 e. The van der Waals surface area contributed by atoms with Crippen LogP contribution in [-0.4, -0.2) is 122 Å². The van der Waals surface area contributed by atoms with E-state index < -0.39 is 44.5 Å². The van der Waals surface area contributed by atoms with E-state index in [0.29, 0.717) is 73.2 Å². The van der Waals surface area contributed by atoms with E-state index in [-0.39, 0.29) is 79.4 Å². The molecule has 0 unspecified atom stereocenters. The van der Waals surface area contributed by atoms with Crippen LogP contribution in [0.3, 0.4) is 0 Å². The molecule has 17 heteroatoms. The number of carbonyl (C=O) groups is 1. The number of hydrogen-bond acceptors (Lipinski definition) is 15. The third kappa shape index (κ3) is 16.6. The van der Waals surface area contributed by atoms with E-state index in [2.05, 4.69) is 71.0 Å². The largest absolute Gasteiger partial charge is 0.458 e. The number of aliphatic hydroxyl groups is 2. The second-order valence-corrected chi connectivity index (χ2v) is 29.9. The minimum absolute atomic E-state index is 0.00950. The fourth-order valence-corrected chi connectivity index (χ4v) is 18.9. The molecule has 2 aromatic heterocycles. The van der Waals surface area contributed by atoms with Crippen molar-refractivity contribution >= 4 is 42.4 Å². The molecule has 5 aliphatic rings. The average molecular weight is 1180 g/mol. The van der Waals surface area contributed by atoms with Gasteiger partial charge in [-0.2, -0.15) is 0 Å². The van der Waals surface area contributed by atoms with Crippen LogP contribution in [0, 0.1) is 11.8 Å². The van der Waals surface area contributed by atoms with Gasteiger partial charge in [0.1, 0.15) is 36.1 Å². The first-order valence-electron chi connectivity index (χ1n) is 28.8. The fraction of sp³-hybridized carbons (Fsp3) is 0.661. The Kier molecular flexibility index (Phi) is 22.8. The van der Waals surface area contributed by atoms with Gasteiger partial charge >= 0.3 is 5.97 Å². The molecule has 0 radical (unpaired) electrons. The molecule has 79 heavy (non-hydrogen) atoms. The number of methoxy groups -OCH3 is 2. The van der Waals surface area contributed by atoms with Crippen molar-refractivity contribution < 1.29 is 61.4 Å². The Morgan fingerprint density at radius 2 is 1.63 bits per heavy atom. The van der Waals surface area contributed by atoms with Gasteiger partial charge in [-0.1, -0.05) is 126 Å². The molecule has 0 spiro atoms. The lowest BCUT2D eigenvalue weighted by atomic mass is 9.79. The lowest BCUT2D eigenvalue weighted by molar-refractivity contribution is -0.286. The maximum atomic E-state index is 13.8. The van der Waals surface area contributed by atoms with Gasteiger partial charge in [-0.05, 0) is 91.7 Å². The first-order chi connectivity index (χ1) is 37.6. The van der Waals surface area contributed by atoms with Gasteiger partial charge in [-0.15, -0.1) is 0 Å². The topological polar surface area (TPSA) is 183 Å². The summed E-state index contributed by atoms with van der Waals surface area (Å²) in [6.45, 7) is 26.4. The molecule has 2 aromatic rings. The number of nitrogens with zero attached hydrogens (tertiary/aromatic N) is 2. The van der Waals surface area contributed by atoms with Crippen molar-refractivity contribution in [1.82, 2.24) is 9.97 Å². The number of allylic oxidation sites excluding steroid dienone is 2. The van der Waals surface area contributed by atoms with E-state index in [1.54, 1.807) is 31.5 Å². The maximum absolute atomic E-state index is 13.8. The lowest BCUT2D eigenvalue weighted by Crippen LogP contribution is -2.52. The monoisotopic (exact) mass is 1180 g/mol. The Balaban J connectivity index is 1.09. The van der Waals surface area contributed by atoms with Crippen LogP contribution in [-0.2, 0) is 48.8 Å². The van der Waals surface area contributed by atoms with Crippen LogP contribution >= 0.6 is 15.9 Å². The van der Waals surface area contributed by atoms with Crippen LogP contribution in [0.5, 0.6) is 0 Å². The second kappa shape index (κ2) is 28.6. The van der Waals surface area contributed by atoms with Crippen molar-refractivity contribution in [1.29, 1.82) is 0 Å². The highest BCUT2D eigenvalue weighted by atomic mass is 79.9. The summed E-state index contributed by atoms with van der Waals surface area (Å²) < 4.78 is 64.0. The van der Waals surface area contributed by atoms with E-state index in [4.69, 9.17) is 56.4 Å². The highest BCUT2D eigenvalue weighted by Gasteiger charge is 2.49. The van der Waals surface area contributed by atoms with Crippen molar-refractivity contribution in [3.8, 4) is 0 Å². The SMILES string of the molecule is C=C1C[C@@H]2C[C@@H]3C[C@H](O[Si](C(C)C)(C(C)C)C(C)C)C[C@@H](O3)c3coc(n3)/C=C\C[C@H]3O[C@@H](/C(C)=C/c4coc(C[C@]5(O)C[C@H](OC)C[C@H]([C@H](O)/C=C(C)/C=C/[C@@H](C/C=C/Br)OC)O5)n4)[C@H](C)[C@@H](OC(=O)/C=C\C[C@@H](C1)O2)[C@H]3C. The highest BCUT2D eigenvalue weighted by molar-refractivity contribution is 9.11. The minimum Gasteiger partial charge on any atom is -0.458 e. The van der Waals surface area contributed by atoms with E-state index in [9.17, 15) is 15.0 Å². The van der Waals surface area contributed by atoms with Gasteiger partial charge in [-0.3, -0.25) is 0 Å². The number of ether oxygens (including phenoxy) is 7. The zero-order chi connectivity index (χ0) is 57.2. The Bertz CT molecular complexity index is 2470. The highest BCUT2D eigenvalue weighted by Crippen LogP contribution is 2.47. The number of halogens is 1. The standard InChI is InChI=1S/C62H91BrN2O13Si/c1-37(2)79(38(3)4,39(5)6)78-50-30-49-29-48-26-41(8)25-47(73-48)17-14-21-59(67)76-61-43(10)54(19-15-20-57-65-52(36-72-57)55(31-50)74-49)75-60(44(61)11)42(9)28-45-35-71-58(64-45)34-62(68)33-51(70-13)32-56(77-62)53(66)27-40(7)22-23-46(69-12)18-16-24-63/h14-16,20-24,27-28,35-39,43-44,46-51,53-56,60-61,66,68H,8,17-19,25-26,29-34H2,1-7,9-13H3/b20-15-,21-14-,23-22+,24-16+,40-27+,42-28+/t43-,44-,46+,47-,48+,49+,50-,51+,53+,54+,55+,56+,60-,61-,62-/m0/s1. The molecule has 8 bridgehead atoms. The molecule has 0 amide bonds. The minimum atomic E-state index is -2.22. The van der Waals surface area contributed by atoms with Crippen molar-refractivity contribution in [2.75, 3.05) is 14.2 Å². The number of fused-ring (bicyclic) bond motifs is 9. The van der Waals surface area contributed by atoms with E-state index in [1.165, 1.54) is 12.3 Å². The number of rotatable bonds is 17. The van der Waals surface area contributed by atoms with Gasteiger partial charge in [0, 0.05) is 57.8 Å². The van der Waals surface area contributed by atoms with Gasteiger partial charge in [0.25, 0.3) is 0 Å². The molecule has 4 fully saturated rings. The molecule has 15 atom stereocenters. The summed E-state index contributed by atoms with van der Waals surface area (Å²) in [6.07, 6.45) is 21.4. The first-order valence-corrected chi connectivity index (χ1v) is 31.9. The zero-order valence-electron chi connectivity index (χ0n) is 48.9. The average Bonchev–Trinajstić information content (AvgIpc) is 4.09. The molecular formula is C62H91BrN2O13Si. The Morgan fingerprint density at radius 1 is 0.899 bits per heavy atom. The van der Waals surface area contributed by atoms with Gasteiger partial charge in [0.05, 0.1) is 67.5 Å². The first kappa shape index (κ1) is 63.0. The number of oxazole rings is 2. The number of aliphatic hydroxyl groups excluding tert-OH is 1. The fourth-order valence-electron chi connectivity index (χ4n) is 13.1. The van der Waals surface area contributed by atoms with Gasteiger partial charge in [-0.25, -0.2) is 14.8 Å². The molecule has 0 saturated carbocycles. The summed E-state index contributed by atoms with van der Waals surface area (Å²) in [7, 11) is 1.01. The van der Waals surface area contributed by atoms with Crippen LogP contribution in [0.15, 0.2) is 92.2 Å². The molecule has 0 aliphatic carbocycles. The summed E-state index contributed by atoms with van der Waals surface area (Å²) in [4.78, 5) is 25.3. The van der Waals surface area contributed by atoms with Crippen LogP contribution in [0.1, 0.15) is 163 Å². The van der Waals surface area contributed by atoms with E-state index in [1.807, 2.05) is 63.3 Å². The van der Waals surface area contributed by atoms with Crippen molar-refractivity contribution in [3.05, 3.63) is 107 Å². The Labute approximate surface area is 479 Å². The van der Waals surface area contributed by atoms with Crippen molar-refractivity contribution in [2.45, 2.75) is 236 Å². The van der Waals surface area contributed by atoms with Gasteiger partial charge in [0.2, 0.25) is 14.2 Å². The number of aromatic nitrogens is 2. The second-order valence-electron chi connectivity index (χ2n) is 23.9. The Hall–Kier alpha value is -3.59. The normalized spacial score (nSPS) is 33.5. The molecule has 2 N–H and O–H groups in total. The van der Waals surface area contributed by atoms with Crippen LogP contribution in [0.25, 0.3) is 12.2 Å². The number of carbonyl (C=O) groups excluding carboxylic acids is 1. The smallest absolute Gasteiger partial charge is 0.330 e. The zero-order valence-corrected chi connectivity index (χ0v) is 51.5. The van der Waals surface area contributed by atoms with E-state index in [0.717, 1.165) is 35.3 Å². The van der Waals surface area contributed by atoms with Crippen LogP contribution in [0.2, 0.25) is 16.6 Å². The molecule has 7 heterocycles. The van der Waals surface area contributed by atoms with Crippen LogP contribution in [0.4, 0.5) is 0 Å². The number of hydrogen-bond donors (Lipinski definition) is 2. The summed E-state index contributed by atoms with van der Waals surface area (Å²) in [6, 6.07) is 0. The quantitative estimate of drug-likeness (QED) is 0.0660. The van der Waals surface area contributed by atoms with Gasteiger partial charge < -0.3 is 56.6 Å². The van der Waals surface area contributed by atoms with Crippen LogP contribution < -0.4 is 0 Å². The molecule has 4 saturated heterocycles. The van der Waals surface area contributed by atoms with E-state index >= 15 is 0 Å².